The Morgan fingerprint density at radius 1 is 1.22 bits per heavy atom. The lowest BCUT2D eigenvalue weighted by molar-refractivity contribution is -0.159. The molecular weight excluding hydrogens is 496 g/mol. The molecule has 2 rings (SSSR count). The van der Waals surface area contributed by atoms with Gasteiger partial charge in [-0.2, -0.15) is 0 Å². The lowest BCUT2D eigenvalue weighted by atomic mass is 10.0. The van der Waals surface area contributed by atoms with E-state index in [0.29, 0.717) is 41.9 Å². The van der Waals surface area contributed by atoms with Gasteiger partial charge in [-0.05, 0) is 26.2 Å². The van der Waals surface area contributed by atoms with Crippen LogP contribution in [0.3, 0.4) is 0 Å². The highest BCUT2D eigenvalue weighted by Gasteiger charge is 2.41. The van der Waals surface area contributed by atoms with E-state index in [1.807, 2.05) is 0 Å². The fourth-order valence-corrected chi connectivity index (χ4v) is 4.27. The standard InChI is InChI=1S/C25H33ClO10/c1-14(10-23(30)31)9-20(29)25-22-11-19(35-25)8-7-18(26)6-4-5-17(13-33-15(2)27)21(34-16(3)28)12-24(32)36-22/h5-6,9,19-22,25,29H,4,7-8,10-13H2,1-3H3,(H,30,31). The number of ether oxygens (including phenoxy) is 4. The molecule has 2 aliphatic heterocycles. The van der Waals surface area contributed by atoms with E-state index in [0.717, 1.165) is 0 Å². The Hall–Kier alpha value is -2.69. The second-order valence-electron chi connectivity index (χ2n) is 8.85. The molecule has 2 N–H and O–H groups in total. The Morgan fingerprint density at radius 2 is 1.94 bits per heavy atom. The fraction of sp³-hybridized carbons (Fsp3) is 0.600. The first-order valence-corrected chi connectivity index (χ1v) is 12.1. The fourth-order valence-electron chi connectivity index (χ4n) is 4.07. The smallest absolute Gasteiger partial charge is 0.310 e. The van der Waals surface area contributed by atoms with Crippen LogP contribution in [0.4, 0.5) is 0 Å². The van der Waals surface area contributed by atoms with Gasteiger partial charge in [-0.3, -0.25) is 19.2 Å². The van der Waals surface area contributed by atoms with Crippen LogP contribution in [0.15, 0.2) is 34.4 Å². The Balaban J connectivity index is 2.32. The minimum atomic E-state index is -1.21. The van der Waals surface area contributed by atoms with Crippen molar-refractivity contribution in [3.05, 3.63) is 34.4 Å². The minimum Gasteiger partial charge on any atom is -0.481 e. The highest BCUT2D eigenvalue weighted by molar-refractivity contribution is 6.29. The maximum atomic E-state index is 12.9. The maximum Gasteiger partial charge on any atom is 0.310 e. The summed E-state index contributed by atoms with van der Waals surface area (Å²) in [5.74, 6) is -2.90. The predicted molar refractivity (Wildman–Crippen MR) is 128 cm³/mol. The number of allylic oxidation sites excluding steroid dienone is 3. The number of aliphatic hydroxyl groups is 1. The van der Waals surface area contributed by atoms with Crippen LogP contribution in [-0.4, -0.2) is 71.2 Å². The van der Waals surface area contributed by atoms with Gasteiger partial charge in [0.1, 0.15) is 31.0 Å². The number of fused-ring (bicyclic) bond motifs is 2. The zero-order chi connectivity index (χ0) is 26.8. The molecule has 5 atom stereocenters. The number of carboxylic acid groups (broad SMARTS) is 1. The summed E-state index contributed by atoms with van der Waals surface area (Å²) in [6, 6.07) is 0. The Bertz CT molecular complexity index is 922. The van der Waals surface area contributed by atoms with Gasteiger partial charge in [0.2, 0.25) is 0 Å². The largest absolute Gasteiger partial charge is 0.481 e. The number of aliphatic carboxylic acids is 1. The average Bonchev–Trinajstić information content (AvgIpc) is 3.15. The number of carbonyl (C=O) groups excluding carboxylic acids is 3. The van der Waals surface area contributed by atoms with Gasteiger partial charge in [-0.25, -0.2) is 0 Å². The molecule has 0 aromatic carbocycles. The van der Waals surface area contributed by atoms with Crippen LogP contribution in [0, 0.1) is 0 Å². The molecule has 1 saturated heterocycles. The number of esters is 3. The first-order valence-electron chi connectivity index (χ1n) is 11.7. The van der Waals surface area contributed by atoms with E-state index in [1.165, 1.54) is 19.9 Å². The van der Waals surface area contributed by atoms with Gasteiger partial charge in [0.15, 0.2) is 0 Å². The molecule has 0 aliphatic carbocycles. The molecule has 1 fully saturated rings. The normalized spacial score (nSPS) is 26.6. The van der Waals surface area contributed by atoms with Crippen molar-refractivity contribution in [3.63, 3.8) is 0 Å². The molecule has 2 heterocycles. The molecule has 36 heavy (non-hydrogen) atoms. The van der Waals surface area contributed by atoms with Gasteiger partial charge < -0.3 is 29.2 Å². The van der Waals surface area contributed by atoms with E-state index in [2.05, 4.69) is 0 Å². The van der Waals surface area contributed by atoms with Crippen molar-refractivity contribution in [2.45, 2.75) is 89.8 Å². The molecule has 200 valence electrons. The monoisotopic (exact) mass is 528 g/mol. The molecule has 0 saturated carbocycles. The third-order valence-corrected chi connectivity index (χ3v) is 6.00. The summed E-state index contributed by atoms with van der Waals surface area (Å²) >= 11 is 6.36. The molecule has 0 aromatic heterocycles. The Morgan fingerprint density at radius 3 is 2.58 bits per heavy atom. The lowest BCUT2D eigenvalue weighted by Crippen LogP contribution is -2.37. The summed E-state index contributed by atoms with van der Waals surface area (Å²) in [7, 11) is 0. The summed E-state index contributed by atoms with van der Waals surface area (Å²) in [4.78, 5) is 46.9. The third kappa shape index (κ3) is 10.1. The molecule has 5 unspecified atom stereocenters. The summed E-state index contributed by atoms with van der Waals surface area (Å²) in [6.45, 7) is 3.83. The molecule has 2 bridgehead atoms. The molecule has 10 nitrogen and oxygen atoms in total. The van der Waals surface area contributed by atoms with E-state index >= 15 is 0 Å². The third-order valence-electron chi connectivity index (χ3n) is 5.66. The number of rotatable bonds is 7. The van der Waals surface area contributed by atoms with Crippen molar-refractivity contribution in [2.75, 3.05) is 6.61 Å². The molecular formula is C25H33ClO10. The number of carbonyl (C=O) groups is 4. The van der Waals surface area contributed by atoms with E-state index in [4.69, 9.17) is 35.7 Å². The lowest BCUT2D eigenvalue weighted by Gasteiger charge is -2.24. The highest BCUT2D eigenvalue weighted by Crippen LogP contribution is 2.31. The second-order valence-corrected chi connectivity index (χ2v) is 9.33. The number of aliphatic hydroxyl groups excluding tert-OH is 1. The molecule has 0 spiro atoms. The van der Waals surface area contributed by atoms with E-state index in [1.54, 1.807) is 19.1 Å². The van der Waals surface area contributed by atoms with Crippen molar-refractivity contribution < 1.29 is 48.3 Å². The van der Waals surface area contributed by atoms with Crippen LogP contribution in [0.2, 0.25) is 0 Å². The van der Waals surface area contributed by atoms with Crippen molar-refractivity contribution >= 4 is 35.5 Å². The Kier molecular flexibility index (Phi) is 11.6. The van der Waals surface area contributed by atoms with Crippen LogP contribution in [0.1, 0.15) is 59.3 Å². The number of hydrogen-bond acceptors (Lipinski definition) is 9. The van der Waals surface area contributed by atoms with Crippen LogP contribution in [0.25, 0.3) is 0 Å². The molecule has 0 amide bonds. The van der Waals surface area contributed by atoms with Crippen molar-refractivity contribution in [1.29, 1.82) is 0 Å². The van der Waals surface area contributed by atoms with Crippen LogP contribution < -0.4 is 0 Å². The summed E-state index contributed by atoms with van der Waals surface area (Å²) in [5.41, 5.74) is 0.832. The van der Waals surface area contributed by atoms with Crippen LogP contribution >= 0.6 is 11.6 Å². The van der Waals surface area contributed by atoms with Crippen LogP contribution in [0.5, 0.6) is 0 Å². The van der Waals surface area contributed by atoms with E-state index < -0.39 is 48.3 Å². The van der Waals surface area contributed by atoms with Crippen molar-refractivity contribution in [3.8, 4) is 0 Å². The topological polar surface area (TPSA) is 146 Å². The molecule has 11 heteroatoms. The Labute approximate surface area is 214 Å². The van der Waals surface area contributed by atoms with E-state index in [9.17, 15) is 24.3 Å². The molecule has 0 radical (unpaired) electrons. The summed E-state index contributed by atoms with van der Waals surface area (Å²) < 4.78 is 22.1. The van der Waals surface area contributed by atoms with Crippen molar-refractivity contribution in [2.24, 2.45) is 0 Å². The van der Waals surface area contributed by atoms with Gasteiger partial charge in [0.05, 0.1) is 18.9 Å². The van der Waals surface area contributed by atoms with Gasteiger partial charge >= 0.3 is 23.9 Å². The number of halogens is 1. The van der Waals surface area contributed by atoms with Crippen LogP contribution in [-0.2, 0) is 38.1 Å². The quantitative estimate of drug-likeness (QED) is 0.287. The first-order chi connectivity index (χ1) is 16.9. The van der Waals surface area contributed by atoms with Gasteiger partial charge in [0.25, 0.3) is 0 Å². The zero-order valence-corrected chi connectivity index (χ0v) is 21.4. The second kappa shape index (κ2) is 14.2. The number of carboxylic acids is 1. The molecule has 0 aromatic rings. The first kappa shape index (κ1) is 29.5. The summed E-state index contributed by atoms with van der Waals surface area (Å²) in [5, 5.41) is 20.3. The minimum absolute atomic E-state index is 0.185. The van der Waals surface area contributed by atoms with Crippen molar-refractivity contribution in [1.82, 2.24) is 0 Å². The molecule has 2 aliphatic rings. The van der Waals surface area contributed by atoms with Gasteiger partial charge in [0, 0.05) is 30.9 Å². The highest BCUT2D eigenvalue weighted by atomic mass is 35.5. The average molecular weight is 529 g/mol. The van der Waals surface area contributed by atoms with Gasteiger partial charge in [-0.15, -0.1) is 0 Å². The summed E-state index contributed by atoms with van der Waals surface area (Å²) in [6.07, 6.45) is 1.55. The maximum absolute atomic E-state index is 12.9. The predicted octanol–water partition coefficient (Wildman–Crippen LogP) is 2.96. The SMILES string of the molecule is CC(=O)OCC1=CCC=C(Cl)CCC2CC(OC(=O)CC1OC(C)=O)C(C(O)C=C(C)CC(=O)O)O2. The van der Waals surface area contributed by atoms with E-state index in [-0.39, 0.29) is 25.6 Å². The zero-order valence-electron chi connectivity index (χ0n) is 20.6. The number of hydrogen-bond donors (Lipinski definition) is 2. The van der Waals surface area contributed by atoms with Gasteiger partial charge in [-0.1, -0.05) is 35.4 Å².